The molecule has 34 heavy (non-hydrogen) atoms. The number of hydrogen-bond donors (Lipinski definition) is 0. The smallest absolute Gasteiger partial charge is 0.248 e. The third-order valence-corrected chi connectivity index (χ3v) is 7.95. The maximum Gasteiger partial charge on any atom is 0.248 e. The fraction of sp³-hybridized carbons (Fsp3) is 0.500. The van der Waals surface area contributed by atoms with Crippen LogP contribution in [0.5, 0.6) is 0 Å². The fourth-order valence-electron chi connectivity index (χ4n) is 5.94. The van der Waals surface area contributed by atoms with Crippen molar-refractivity contribution in [3.05, 3.63) is 47.8 Å². The Balaban J connectivity index is 1.33. The van der Waals surface area contributed by atoms with Crippen LogP contribution in [0, 0.1) is 0 Å². The highest BCUT2D eigenvalue weighted by molar-refractivity contribution is 6.06. The van der Waals surface area contributed by atoms with E-state index >= 15 is 0 Å². The predicted octanol–water partition coefficient (Wildman–Crippen LogP) is 3.45. The Morgan fingerprint density at radius 2 is 1.76 bits per heavy atom. The second kappa shape index (κ2) is 8.27. The van der Waals surface area contributed by atoms with E-state index in [2.05, 4.69) is 31.4 Å². The minimum absolute atomic E-state index is 0.0691. The Labute approximate surface area is 199 Å². The molecule has 1 saturated carbocycles. The maximum absolute atomic E-state index is 13.3. The van der Waals surface area contributed by atoms with E-state index in [1.807, 2.05) is 12.1 Å². The molecule has 8 heteroatoms. The molecule has 1 spiro atoms. The molecule has 8 nitrogen and oxygen atoms in total. The van der Waals surface area contributed by atoms with Crippen LogP contribution in [-0.4, -0.2) is 69.2 Å². The fourth-order valence-corrected chi connectivity index (χ4v) is 5.94. The van der Waals surface area contributed by atoms with Gasteiger partial charge in [0, 0.05) is 49.7 Å². The summed E-state index contributed by atoms with van der Waals surface area (Å²) in [5.74, 6) is 0.00248. The average molecular weight is 459 g/mol. The number of anilines is 1. The normalized spacial score (nSPS) is 20.6. The minimum Gasteiger partial charge on any atom is -0.368 e. The third kappa shape index (κ3) is 3.52. The van der Waals surface area contributed by atoms with Gasteiger partial charge in [0.2, 0.25) is 11.6 Å². The molecule has 5 heterocycles. The van der Waals surface area contributed by atoms with Gasteiger partial charge in [0.25, 0.3) is 0 Å². The Bertz CT molecular complexity index is 1250. The number of Topliss-reactive ketones (excluding diaryl/α,β-unsaturated/α-hetero) is 1. The largest absolute Gasteiger partial charge is 0.368 e. The van der Waals surface area contributed by atoms with E-state index in [0.29, 0.717) is 17.8 Å². The van der Waals surface area contributed by atoms with Gasteiger partial charge in [0.15, 0.2) is 5.78 Å². The summed E-state index contributed by atoms with van der Waals surface area (Å²) in [6, 6.07) is 5.63. The zero-order chi connectivity index (χ0) is 23.3. The van der Waals surface area contributed by atoms with Crippen LogP contribution in [0.2, 0.25) is 0 Å². The molecule has 0 aromatic carbocycles. The highest BCUT2D eigenvalue weighted by Crippen LogP contribution is 2.45. The van der Waals surface area contributed by atoms with E-state index in [1.165, 1.54) is 6.42 Å². The van der Waals surface area contributed by atoms with Crippen LogP contribution >= 0.6 is 0 Å². The van der Waals surface area contributed by atoms with Crippen LogP contribution in [0.3, 0.4) is 0 Å². The van der Waals surface area contributed by atoms with Crippen molar-refractivity contribution < 1.29 is 9.59 Å². The summed E-state index contributed by atoms with van der Waals surface area (Å²) < 4.78 is 2.15. The summed E-state index contributed by atoms with van der Waals surface area (Å²) in [4.78, 5) is 44.1. The summed E-state index contributed by atoms with van der Waals surface area (Å²) in [5, 5.41) is 0.824. The van der Waals surface area contributed by atoms with Crippen LogP contribution in [0.4, 0.5) is 5.69 Å². The monoisotopic (exact) mass is 458 g/mol. The first-order chi connectivity index (χ1) is 16.5. The minimum atomic E-state index is -0.290. The Morgan fingerprint density at radius 1 is 0.971 bits per heavy atom. The van der Waals surface area contributed by atoms with E-state index in [9.17, 15) is 9.59 Å². The standard InChI is InChI=1S/C26H30N6O2/c1-30-11-13-31(14-12-30)19-5-6-20(27-17-19)23(34)24-28-16-18-15-21-22(33)7-10-26(8-3-2-4-9-26)32(21)25(18)29-24/h5-6,15-17H,2-4,7-14H2,1H3. The van der Waals surface area contributed by atoms with E-state index in [0.717, 1.165) is 75.1 Å². The van der Waals surface area contributed by atoms with E-state index in [-0.39, 0.29) is 22.9 Å². The van der Waals surface area contributed by atoms with Gasteiger partial charge in [0.05, 0.1) is 17.6 Å². The first-order valence-electron chi connectivity index (χ1n) is 12.4. The van der Waals surface area contributed by atoms with Crippen LogP contribution < -0.4 is 4.90 Å². The molecule has 1 saturated heterocycles. The zero-order valence-electron chi connectivity index (χ0n) is 19.7. The maximum atomic E-state index is 13.3. The number of ketones is 2. The van der Waals surface area contributed by atoms with Gasteiger partial charge in [-0.15, -0.1) is 0 Å². The summed E-state index contributed by atoms with van der Waals surface area (Å²) >= 11 is 0. The van der Waals surface area contributed by atoms with Gasteiger partial charge in [-0.1, -0.05) is 19.3 Å². The van der Waals surface area contributed by atoms with Crippen LogP contribution in [0.25, 0.3) is 11.0 Å². The molecule has 0 radical (unpaired) electrons. The van der Waals surface area contributed by atoms with Crippen molar-refractivity contribution in [2.45, 2.75) is 50.5 Å². The number of fused-ring (bicyclic) bond motifs is 4. The van der Waals surface area contributed by atoms with Crippen molar-refractivity contribution in [3.63, 3.8) is 0 Å². The zero-order valence-corrected chi connectivity index (χ0v) is 19.7. The lowest BCUT2D eigenvalue weighted by Crippen LogP contribution is -2.44. The van der Waals surface area contributed by atoms with Crippen LogP contribution in [-0.2, 0) is 5.54 Å². The topological polar surface area (TPSA) is 84.2 Å². The number of pyridine rings is 1. The molecule has 0 atom stereocenters. The number of piperazine rings is 1. The van der Waals surface area contributed by atoms with E-state index < -0.39 is 0 Å². The molecule has 6 rings (SSSR count). The highest BCUT2D eigenvalue weighted by atomic mass is 16.1. The molecule has 176 valence electrons. The molecular weight excluding hydrogens is 428 g/mol. The second-order valence-corrected chi connectivity index (χ2v) is 10.1. The van der Waals surface area contributed by atoms with Crippen molar-refractivity contribution in [2.75, 3.05) is 38.1 Å². The quantitative estimate of drug-likeness (QED) is 0.556. The van der Waals surface area contributed by atoms with E-state index in [4.69, 9.17) is 4.98 Å². The van der Waals surface area contributed by atoms with Crippen molar-refractivity contribution >= 4 is 28.3 Å². The first kappa shape index (κ1) is 21.4. The second-order valence-electron chi connectivity index (χ2n) is 10.1. The Morgan fingerprint density at radius 3 is 2.50 bits per heavy atom. The molecule has 2 aliphatic heterocycles. The average Bonchev–Trinajstić information content (AvgIpc) is 3.28. The Hall–Kier alpha value is -3.13. The van der Waals surface area contributed by atoms with Gasteiger partial charge in [-0.05, 0) is 44.5 Å². The lowest BCUT2D eigenvalue weighted by molar-refractivity contribution is 0.0852. The number of carbonyl (C=O) groups is 2. The lowest BCUT2D eigenvalue weighted by atomic mass is 9.75. The van der Waals surface area contributed by atoms with Crippen molar-refractivity contribution in [3.8, 4) is 0 Å². The number of nitrogens with zero attached hydrogens (tertiary/aromatic N) is 6. The van der Waals surface area contributed by atoms with Gasteiger partial charge in [-0.2, -0.15) is 0 Å². The van der Waals surface area contributed by atoms with Gasteiger partial charge >= 0.3 is 0 Å². The van der Waals surface area contributed by atoms with Gasteiger partial charge in [-0.3, -0.25) is 14.6 Å². The molecule has 3 aliphatic rings. The highest BCUT2D eigenvalue weighted by Gasteiger charge is 2.41. The summed E-state index contributed by atoms with van der Waals surface area (Å²) in [7, 11) is 2.13. The van der Waals surface area contributed by atoms with Gasteiger partial charge in [0.1, 0.15) is 11.3 Å². The van der Waals surface area contributed by atoms with Gasteiger partial charge < -0.3 is 14.4 Å². The number of rotatable bonds is 3. The van der Waals surface area contributed by atoms with Crippen LogP contribution in [0.1, 0.15) is 71.7 Å². The summed E-state index contributed by atoms with van der Waals surface area (Å²) in [6.45, 7) is 3.93. The molecular formula is C26H30N6O2. The molecule has 0 unspecified atom stereocenters. The number of hydrogen-bond acceptors (Lipinski definition) is 7. The SMILES string of the molecule is CN1CCN(c2ccc(C(=O)c3ncc4cc5n(c4n3)C3(CCCCC3)CCC5=O)nc2)CC1. The molecule has 0 amide bonds. The van der Waals surface area contributed by atoms with Crippen molar-refractivity contribution in [1.29, 1.82) is 0 Å². The summed E-state index contributed by atoms with van der Waals surface area (Å²) in [6.07, 6.45) is 10.6. The first-order valence-corrected chi connectivity index (χ1v) is 12.4. The molecule has 0 bridgehead atoms. The van der Waals surface area contributed by atoms with Crippen molar-refractivity contribution in [1.82, 2.24) is 24.4 Å². The van der Waals surface area contributed by atoms with Crippen molar-refractivity contribution in [2.24, 2.45) is 0 Å². The molecule has 0 N–H and O–H groups in total. The molecule has 3 aromatic heterocycles. The summed E-state index contributed by atoms with van der Waals surface area (Å²) in [5.41, 5.74) is 2.72. The van der Waals surface area contributed by atoms with E-state index in [1.54, 1.807) is 18.5 Å². The molecule has 2 fully saturated rings. The van der Waals surface area contributed by atoms with Crippen LogP contribution in [0.15, 0.2) is 30.6 Å². The predicted molar refractivity (Wildman–Crippen MR) is 130 cm³/mol. The molecule has 3 aromatic rings. The lowest BCUT2D eigenvalue weighted by Gasteiger charge is -2.42. The number of carbonyl (C=O) groups excluding carboxylic acids is 2. The number of likely N-dealkylation sites (N-methyl/N-ethyl adjacent to an activating group) is 1. The Kier molecular flexibility index (Phi) is 5.21. The van der Waals surface area contributed by atoms with Gasteiger partial charge in [-0.25, -0.2) is 9.97 Å². The molecule has 1 aliphatic carbocycles. The third-order valence-electron chi connectivity index (χ3n) is 7.95. The number of aromatic nitrogens is 4.